The van der Waals surface area contributed by atoms with Crippen LogP contribution >= 0.6 is 0 Å². The summed E-state index contributed by atoms with van der Waals surface area (Å²) >= 11 is 0. The van der Waals surface area contributed by atoms with E-state index in [0.29, 0.717) is 6.54 Å². The van der Waals surface area contributed by atoms with E-state index in [9.17, 15) is 13.2 Å². The Morgan fingerprint density at radius 2 is 1.72 bits per heavy atom. The summed E-state index contributed by atoms with van der Waals surface area (Å²) < 4.78 is 38.6. The molecule has 0 saturated carbocycles. The topological polar surface area (TPSA) is 17.8 Å². The number of hydrogen-bond donors (Lipinski definition) is 0. The molecule has 0 aliphatic heterocycles. The van der Waals surface area contributed by atoms with E-state index < -0.39 is 11.9 Å². The van der Waals surface area contributed by atoms with Gasteiger partial charge in [-0.1, -0.05) is 18.2 Å². The molecule has 0 unspecified atom stereocenters. The molecule has 0 aliphatic carbocycles. The van der Waals surface area contributed by atoms with Crippen LogP contribution in [0.2, 0.25) is 0 Å². The predicted octanol–water partition coefficient (Wildman–Crippen LogP) is 3.57. The van der Waals surface area contributed by atoms with Gasteiger partial charge in [0.15, 0.2) is 5.69 Å². The lowest BCUT2D eigenvalue weighted by atomic mass is 10.0. The molecule has 2 nitrogen and oxygen atoms in total. The number of alkyl halides is 3. The normalized spacial score (nSPS) is 11.8. The molecule has 0 saturated heterocycles. The molecule has 1 aromatic carbocycles. The predicted molar refractivity (Wildman–Crippen MR) is 62.2 cm³/mol. The number of aromatic nitrogens is 2. The third-order valence-corrected chi connectivity index (χ3v) is 2.90. The largest absolute Gasteiger partial charge is 0.435 e. The molecule has 0 bridgehead atoms. The highest BCUT2D eigenvalue weighted by atomic mass is 19.4. The Labute approximate surface area is 103 Å². The molecule has 2 aromatic rings. The highest BCUT2D eigenvalue weighted by Gasteiger charge is 2.33. The second-order valence-electron chi connectivity index (χ2n) is 4.27. The lowest BCUT2D eigenvalue weighted by molar-refractivity contribution is -0.141. The molecule has 0 N–H and O–H groups in total. The van der Waals surface area contributed by atoms with Gasteiger partial charge in [0.25, 0.3) is 0 Å². The van der Waals surface area contributed by atoms with Crippen molar-refractivity contribution in [1.82, 2.24) is 9.78 Å². The Balaban J connectivity index is 2.27. The standard InChI is InChI=1S/C13H13F3N2/c1-9-4-3-5-10(2)11(9)8-18-7-6-12(17-18)13(14,15)16/h3-7H,8H2,1-2H3. The Hall–Kier alpha value is -1.78. The number of aryl methyl sites for hydroxylation is 2. The second-order valence-corrected chi connectivity index (χ2v) is 4.27. The molecular formula is C13H13F3N2. The highest BCUT2D eigenvalue weighted by molar-refractivity contribution is 5.33. The van der Waals surface area contributed by atoms with Crippen LogP contribution in [0.5, 0.6) is 0 Å². The Morgan fingerprint density at radius 1 is 1.11 bits per heavy atom. The highest BCUT2D eigenvalue weighted by Crippen LogP contribution is 2.27. The first-order valence-electron chi connectivity index (χ1n) is 5.53. The van der Waals surface area contributed by atoms with E-state index in [4.69, 9.17) is 0 Å². The van der Waals surface area contributed by atoms with Crippen molar-refractivity contribution in [2.75, 3.05) is 0 Å². The summed E-state index contributed by atoms with van der Waals surface area (Å²) in [7, 11) is 0. The third-order valence-electron chi connectivity index (χ3n) is 2.90. The summed E-state index contributed by atoms with van der Waals surface area (Å²) in [5.41, 5.74) is 2.26. The monoisotopic (exact) mass is 254 g/mol. The van der Waals surface area contributed by atoms with Gasteiger partial charge in [0.05, 0.1) is 6.54 Å². The molecule has 0 atom stereocenters. The van der Waals surface area contributed by atoms with Gasteiger partial charge < -0.3 is 0 Å². The SMILES string of the molecule is Cc1cccc(C)c1Cn1ccc(C(F)(F)F)n1. The number of hydrogen-bond acceptors (Lipinski definition) is 1. The van der Waals surface area contributed by atoms with Crippen LogP contribution in [-0.4, -0.2) is 9.78 Å². The van der Waals surface area contributed by atoms with Gasteiger partial charge in [-0.3, -0.25) is 4.68 Å². The van der Waals surface area contributed by atoms with E-state index in [1.54, 1.807) is 0 Å². The fourth-order valence-electron chi connectivity index (χ4n) is 1.86. The molecule has 1 heterocycles. The fourth-order valence-corrected chi connectivity index (χ4v) is 1.86. The van der Waals surface area contributed by atoms with Gasteiger partial charge in [0.2, 0.25) is 0 Å². The average Bonchev–Trinajstić information content (AvgIpc) is 2.72. The van der Waals surface area contributed by atoms with Gasteiger partial charge in [0, 0.05) is 6.20 Å². The zero-order valence-electron chi connectivity index (χ0n) is 10.1. The molecule has 96 valence electrons. The van der Waals surface area contributed by atoms with E-state index in [1.165, 1.54) is 10.9 Å². The number of rotatable bonds is 2. The van der Waals surface area contributed by atoms with Crippen molar-refractivity contribution in [2.24, 2.45) is 0 Å². The average molecular weight is 254 g/mol. The maximum Gasteiger partial charge on any atom is 0.435 e. The maximum absolute atomic E-state index is 12.4. The van der Waals surface area contributed by atoms with Crippen molar-refractivity contribution in [2.45, 2.75) is 26.6 Å². The van der Waals surface area contributed by atoms with E-state index in [2.05, 4.69) is 5.10 Å². The molecule has 0 aliphatic rings. The molecule has 0 fully saturated rings. The van der Waals surface area contributed by atoms with Crippen molar-refractivity contribution >= 4 is 0 Å². The van der Waals surface area contributed by atoms with Crippen LogP contribution in [-0.2, 0) is 12.7 Å². The number of benzene rings is 1. The van der Waals surface area contributed by atoms with Crippen molar-refractivity contribution in [3.8, 4) is 0 Å². The van der Waals surface area contributed by atoms with Gasteiger partial charge >= 0.3 is 6.18 Å². The van der Waals surface area contributed by atoms with Crippen LogP contribution in [0.4, 0.5) is 13.2 Å². The molecule has 18 heavy (non-hydrogen) atoms. The minimum Gasteiger partial charge on any atom is -0.268 e. The maximum atomic E-state index is 12.4. The molecule has 1 aromatic heterocycles. The van der Waals surface area contributed by atoms with Gasteiger partial charge in [-0.25, -0.2) is 0 Å². The molecular weight excluding hydrogens is 241 g/mol. The van der Waals surface area contributed by atoms with Crippen molar-refractivity contribution in [1.29, 1.82) is 0 Å². The molecule has 5 heteroatoms. The first-order chi connectivity index (χ1) is 8.38. The van der Waals surface area contributed by atoms with Crippen LogP contribution in [0, 0.1) is 13.8 Å². The van der Waals surface area contributed by atoms with E-state index >= 15 is 0 Å². The van der Waals surface area contributed by atoms with Crippen LogP contribution in [0.3, 0.4) is 0 Å². The van der Waals surface area contributed by atoms with Crippen LogP contribution in [0.25, 0.3) is 0 Å². The van der Waals surface area contributed by atoms with Crippen LogP contribution in [0.15, 0.2) is 30.5 Å². The lowest BCUT2D eigenvalue weighted by Gasteiger charge is -2.09. The summed E-state index contributed by atoms with van der Waals surface area (Å²) in [5, 5.41) is 3.55. The van der Waals surface area contributed by atoms with Crippen molar-refractivity contribution < 1.29 is 13.2 Å². The second kappa shape index (κ2) is 4.48. The van der Waals surface area contributed by atoms with Crippen LogP contribution < -0.4 is 0 Å². The van der Waals surface area contributed by atoms with Crippen LogP contribution in [0.1, 0.15) is 22.4 Å². The summed E-state index contributed by atoms with van der Waals surface area (Å²) in [5.74, 6) is 0. The molecule has 0 spiro atoms. The molecule has 2 rings (SSSR count). The summed E-state index contributed by atoms with van der Waals surface area (Å²) in [6, 6.07) is 6.80. The van der Waals surface area contributed by atoms with Gasteiger partial charge in [0.1, 0.15) is 0 Å². The van der Waals surface area contributed by atoms with E-state index in [-0.39, 0.29) is 0 Å². The first kappa shape index (κ1) is 12.7. The zero-order chi connectivity index (χ0) is 13.3. The summed E-state index contributed by atoms with van der Waals surface area (Å²) in [6.07, 6.45) is -3.03. The van der Waals surface area contributed by atoms with Crippen molar-refractivity contribution in [3.63, 3.8) is 0 Å². The Kier molecular flexibility index (Phi) is 3.15. The summed E-state index contributed by atoms with van der Waals surface area (Å²) in [6.45, 7) is 4.24. The summed E-state index contributed by atoms with van der Waals surface area (Å²) in [4.78, 5) is 0. The smallest absolute Gasteiger partial charge is 0.268 e. The third kappa shape index (κ3) is 2.55. The van der Waals surface area contributed by atoms with Gasteiger partial charge in [-0.05, 0) is 36.6 Å². The first-order valence-corrected chi connectivity index (χ1v) is 5.53. The lowest BCUT2D eigenvalue weighted by Crippen LogP contribution is -2.09. The van der Waals surface area contributed by atoms with E-state index in [0.717, 1.165) is 22.8 Å². The Bertz CT molecular complexity index is 535. The minimum atomic E-state index is -4.38. The number of nitrogens with zero attached hydrogens (tertiary/aromatic N) is 2. The quantitative estimate of drug-likeness (QED) is 0.801. The number of halogens is 3. The van der Waals surface area contributed by atoms with Gasteiger partial charge in [-0.15, -0.1) is 0 Å². The Morgan fingerprint density at radius 3 is 2.22 bits per heavy atom. The fraction of sp³-hybridized carbons (Fsp3) is 0.308. The van der Waals surface area contributed by atoms with Gasteiger partial charge in [-0.2, -0.15) is 18.3 Å². The molecule has 0 radical (unpaired) electrons. The minimum absolute atomic E-state index is 0.356. The molecule has 0 amide bonds. The zero-order valence-corrected chi connectivity index (χ0v) is 10.1. The van der Waals surface area contributed by atoms with E-state index in [1.807, 2.05) is 32.0 Å². The van der Waals surface area contributed by atoms with Crippen molar-refractivity contribution in [3.05, 3.63) is 52.8 Å².